The summed E-state index contributed by atoms with van der Waals surface area (Å²) in [6.07, 6.45) is 1.35. The molecule has 1 heterocycles. The molecule has 4 aromatic rings. The number of nitro benzene ring substituents is 1. The van der Waals surface area contributed by atoms with E-state index in [0.29, 0.717) is 28.4 Å². The molecule has 0 spiro atoms. The van der Waals surface area contributed by atoms with E-state index >= 15 is 0 Å². The number of ether oxygens (including phenoxy) is 1. The second-order valence-corrected chi connectivity index (χ2v) is 6.60. The standard InChI is InChI=1S/C23H17N3O5/c1-30-21-10-8-18(26(28)29)13-20(21)22-11-9-19(31-22)14-24-25-23(27)17-7-6-15-4-2-3-5-16(15)12-17/h2-14H,1H3,(H,25,27)/b24-14-. The van der Waals surface area contributed by atoms with Crippen LogP contribution in [-0.4, -0.2) is 24.2 Å². The van der Waals surface area contributed by atoms with Crippen molar-refractivity contribution in [2.24, 2.45) is 5.10 Å². The molecular weight excluding hydrogens is 398 g/mol. The third kappa shape index (κ3) is 4.27. The number of hydrazone groups is 1. The Hall–Kier alpha value is -4.46. The summed E-state index contributed by atoms with van der Waals surface area (Å²) < 4.78 is 11.0. The third-order valence-corrected chi connectivity index (χ3v) is 4.66. The quantitative estimate of drug-likeness (QED) is 0.277. The third-order valence-electron chi connectivity index (χ3n) is 4.66. The van der Waals surface area contributed by atoms with Gasteiger partial charge in [0.05, 0.1) is 23.8 Å². The van der Waals surface area contributed by atoms with E-state index in [-0.39, 0.29) is 11.6 Å². The number of carbonyl (C=O) groups is 1. The van der Waals surface area contributed by atoms with Crippen molar-refractivity contribution in [1.82, 2.24) is 5.43 Å². The highest BCUT2D eigenvalue weighted by molar-refractivity contribution is 5.98. The monoisotopic (exact) mass is 415 g/mol. The number of methoxy groups -OCH3 is 1. The normalized spacial score (nSPS) is 11.0. The summed E-state index contributed by atoms with van der Waals surface area (Å²) in [6, 6.07) is 20.7. The number of nitrogens with zero attached hydrogens (tertiary/aromatic N) is 2. The van der Waals surface area contributed by atoms with Crippen LogP contribution in [0.5, 0.6) is 5.75 Å². The fourth-order valence-electron chi connectivity index (χ4n) is 3.12. The molecule has 1 amide bonds. The SMILES string of the molecule is COc1ccc([N+](=O)[O-])cc1-c1ccc(/C=N\NC(=O)c2ccc3ccccc3c2)o1. The zero-order chi connectivity index (χ0) is 21.8. The van der Waals surface area contributed by atoms with Gasteiger partial charge in [-0.3, -0.25) is 14.9 Å². The average Bonchev–Trinajstić information content (AvgIpc) is 3.27. The van der Waals surface area contributed by atoms with E-state index in [9.17, 15) is 14.9 Å². The molecule has 31 heavy (non-hydrogen) atoms. The number of fused-ring (bicyclic) bond motifs is 1. The molecule has 1 N–H and O–H groups in total. The van der Waals surface area contributed by atoms with Crippen LogP contribution < -0.4 is 10.2 Å². The number of amides is 1. The molecule has 154 valence electrons. The molecule has 0 saturated carbocycles. The van der Waals surface area contributed by atoms with Crippen LogP contribution in [0.2, 0.25) is 0 Å². The minimum Gasteiger partial charge on any atom is -0.496 e. The van der Waals surface area contributed by atoms with E-state index in [1.54, 1.807) is 24.3 Å². The van der Waals surface area contributed by atoms with Crippen LogP contribution in [0.15, 0.2) is 82.3 Å². The molecule has 0 fully saturated rings. The van der Waals surface area contributed by atoms with Crippen molar-refractivity contribution in [3.05, 3.63) is 94.2 Å². The molecule has 0 unspecified atom stereocenters. The molecule has 0 aliphatic rings. The van der Waals surface area contributed by atoms with Gasteiger partial charge < -0.3 is 9.15 Å². The topological polar surface area (TPSA) is 107 Å². The minimum absolute atomic E-state index is 0.0786. The first-order chi connectivity index (χ1) is 15.0. The lowest BCUT2D eigenvalue weighted by Crippen LogP contribution is -2.17. The molecule has 0 aliphatic heterocycles. The van der Waals surface area contributed by atoms with E-state index in [1.807, 2.05) is 30.3 Å². The van der Waals surface area contributed by atoms with Gasteiger partial charge in [-0.05, 0) is 41.1 Å². The van der Waals surface area contributed by atoms with E-state index in [1.165, 1.54) is 31.5 Å². The fraction of sp³-hybridized carbons (Fsp3) is 0.0435. The molecular formula is C23H17N3O5. The number of rotatable bonds is 6. The van der Waals surface area contributed by atoms with Gasteiger partial charge in [-0.1, -0.05) is 30.3 Å². The van der Waals surface area contributed by atoms with Crippen LogP contribution in [0.4, 0.5) is 5.69 Å². The molecule has 0 atom stereocenters. The van der Waals surface area contributed by atoms with Gasteiger partial charge >= 0.3 is 0 Å². The number of nitro groups is 1. The maximum atomic E-state index is 12.4. The van der Waals surface area contributed by atoms with E-state index < -0.39 is 4.92 Å². The largest absolute Gasteiger partial charge is 0.496 e. The highest BCUT2D eigenvalue weighted by Crippen LogP contribution is 2.34. The minimum atomic E-state index is -0.490. The van der Waals surface area contributed by atoms with Crippen LogP contribution in [0.3, 0.4) is 0 Å². The zero-order valence-electron chi connectivity index (χ0n) is 16.4. The van der Waals surface area contributed by atoms with Gasteiger partial charge in [0.15, 0.2) is 0 Å². The van der Waals surface area contributed by atoms with Crippen molar-refractivity contribution in [3.63, 3.8) is 0 Å². The van der Waals surface area contributed by atoms with Gasteiger partial charge in [0.25, 0.3) is 11.6 Å². The Morgan fingerprint density at radius 1 is 1.06 bits per heavy atom. The van der Waals surface area contributed by atoms with Crippen molar-refractivity contribution < 1.29 is 18.9 Å². The summed E-state index contributed by atoms with van der Waals surface area (Å²) >= 11 is 0. The summed E-state index contributed by atoms with van der Waals surface area (Å²) in [5.74, 6) is 0.826. The average molecular weight is 415 g/mol. The van der Waals surface area contributed by atoms with Gasteiger partial charge in [-0.15, -0.1) is 0 Å². The fourth-order valence-corrected chi connectivity index (χ4v) is 3.12. The van der Waals surface area contributed by atoms with E-state index in [0.717, 1.165) is 10.8 Å². The second-order valence-electron chi connectivity index (χ2n) is 6.60. The summed E-state index contributed by atoms with van der Waals surface area (Å²) in [7, 11) is 1.47. The van der Waals surface area contributed by atoms with Crippen molar-refractivity contribution in [2.45, 2.75) is 0 Å². The van der Waals surface area contributed by atoms with Crippen molar-refractivity contribution in [2.75, 3.05) is 7.11 Å². The van der Waals surface area contributed by atoms with Crippen molar-refractivity contribution in [3.8, 4) is 17.1 Å². The summed E-state index contributed by atoms with van der Waals surface area (Å²) in [5, 5.41) is 17.0. The van der Waals surface area contributed by atoms with Gasteiger partial charge in [0, 0.05) is 17.7 Å². The Morgan fingerprint density at radius 3 is 2.65 bits per heavy atom. The van der Waals surface area contributed by atoms with E-state index in [2.05, 4.69) is 10.5 Å². The Morgan fingerprint density at radius 2 is 1.87 bits per heavy atom. The van der Waals surface area contributed by atoms with Gasteiger partial charge in [-0.25, -0.2) is 5.43 Å². The Labute approximate surface area is 176 Å². The molecule has 1 aromatic heterocycles. The molecule has 8 nitrogen and oxygen atoms in total. The van der Waals surface area contributed by atoms with Gasteiger partial charge in [0.1, 0.15) is 17.3 Å². The lowest BCUT2D eigenvalue weighted by molar-refractivity contribution is -0.384. The van der Waals surface area contributed by atoms with Crippen LogP contribution in [0, 0.1) is 10.1 Å². The Kier molecular flexibility index (Phi) is 5.44. The second kappa shape index (κ2) is 8.50. The lowest BCUT2D eigenvalue weighted by atomic mass is 10.1. The van der Waals surface area contributed by atoms with Gasteiger partial charge in [-0.2, -0.15) is 5.10 Å². The molecule has 8 heteroatoms. The number of carbonyl (C=O) groups excluding carboxylic acids is 1. The maximum Gasteiger partial charge on any atom is 0.271 e. The molecule has 0 radical (unpaired) electrons. The first-order valence-electron chi connectivity index (χ1n) is 9.30. The molecule has 0 aliphatic carbocycles. The number of benzene rings is 3. The number of hydrogen-bond acceptors (Lipinski definition) is 6. The lowest BCUT2D eigenvalue weighted by Gasteiger charge is -2.05. The zero-order valence-corrected chi connectivity index (χ0v) is 16.4. The first kappa shape index (κ1) is 19.8. The maximum absolute atomic E-state index is 12.4. The number of furan rings is 1. The number of non-ortho nitro benzene ring substituents is 1. The number of hydrogen-bond donors (Lipinski definition) is 1. The van der Waals surface area contributed by atoms with Crippen molar-refractivity contribution >= 4 is 28.6 Å². The highest BCUT2D eigenvalue weighted by Gasteiger charge is 2.15. The van der Waals surface area contributed by atoms with Crippen LogP contribution in [-0.2, 0) is 0 Å². The smallest absolute Gasteiger partial charge is 0.271 e. The summed E-state index contributed by atoms with van der Waals surface area (Å²) in [5.41, 5.74) is 3.31. The van der Waals surface area contributed by atoms with Gasteiger partial charge in [0.2, 0.25) is 0 Å². The summed E-state index contributed by atoms with van der Waals surface area (Å²) in [6.45, 7) is 0. The first-order valence-corrected chi connectivity index (χ1v) is 9.30. The Bertz CT molecular complexity index is 1310. The van der Waals surface area contributed by atoms with Crippen molar-refractivity contribution in [1.29, 1.82) is 0 Å². The molecule has 0 saturated heterocycles. The highest BCUT2D eigenvalue weighted by atomic mass is 16.6. The molecule has 4 rings (SSSR count). The molecule has 0 bridgehead atoms. The van der Waals surface area contributed by atoms with Crippen LogP contribution in [0.1, 0.15) is 16.1 Å². The predicted octanol–water partition coefficient (Wildman–Crippen LogP) is 4.78. The number of nitrogens with one attached hydrogen (secondary N) is 1. The van der Waals surface area contributed by atoms with E-state index in [4.69, 9.17) is 9.15 Å². The van der Waals surface area contributed by atoms with Crippen LogP contribution >= 0.6 is 0 Å². The predicted molar refractivity (Wildman–Crippen MR) is 116 cm³/mol. The molecule has 3 aromatic carbocycles. The summed E-state index contributed by atoms with van der Waals surface area (Å²) in [4.78, 5) is 22.9. The Balaban J connectivity index is 1.49. The van der Waals surface area contributed by atoms with Crippen LogP contribution in [0.25, 0.3) is 22.1 Å².